The Kier molecular flexibility index (Phi) is 4.06. The highest BCUT2D eigenvalue weighted by molar-refractivity contribution is 5.81. The van der Waals surface area contributed by atoms with E-state index < -0.39 is 0 Å². The van der Waals surface area contributed by atoms with Gasteiger partial charge in [-0.05, 0) is 29.7 Å². The first-order valence-electron chi connectivity index (χ1n) is 9.47. The zero-order valence-corrected chi connectivity index (χ0v) is 15.7. The van der Waals surface area contributed by atoms with E-state index in [1.165, 1.54) is 16.6 Å². The number of nitrogens with zero attached hydrogens (tertiary/aromatic N) is 4. The molecule has 3 aromatic heterocycles. The van der Waals surface area contributed by atoms with Crippen molar-refractivity contribution in [1.29, 1.82) is 0 Å². The van der Waals surface area contributed by atoms with Crippen LogP contribution in [0.15, 0.2) is 59.7 Å². The maximum Gasteiger partial charge on any atom is 0.255 e. The summed E-state index contributed by atoms with van der Waals surface area (Å²) >= 11 is 0. The maximum absolute atomic E-state index is 12.7. The van der Waals surface area contributed by atoms with Crippen LogP contribution in [0.3, 0.4) is 0 Å². The molecule has 1 aliphatic rings. The van der Waals surface area contributed by atoms with Crippen LogP contribution in [-0.4, -0.2) is 31.0 Å². The van der Waals surface area contributed by atoms with E-state index in [1.807, 2.05) is 12.1 Å². The molecule has 6 heteroatoms. The Morgan fingerprint density at radius 3 is 2.89 bits per heavy atom. The van der Waals surface area contributed by atoms with E-state index in [2.05, 4.69) is 56.8 Å². The van der Waals surface area contributed by atoms with Crippen LogP contribution in [-0.2, 0) is 26.6 Å². The van der Waals surface area contributed by atoms with Gasteiger partial charge in [-0.1, -0.05) is 18.2 Å². The molecule has 1 aromatic carbocycles. The predicted octanol–water partition coefficient (Wildman–Crippen LogP) is 2.88. The van der Waals surface area contributed by atoms with Gasteiger partial charge in [-0.25, -0.2) is 4.98 Å². The lowest BCUT2D eigenvalue weighted by Crippen LogP contribution is -2.35. The van der Waals surface area contributed by atoms with Crippen molar-refractivity contribution < 1.29 is 0 Å². The fourth-order valence-corrected chi connectivity index (χ4v) is 3.98. The summed E-state index contributed by atoms with van der Waals surface area (Å²) in [5.74, 6) is 0.596. The Morgan fingerprint density at radius 1 is 1.18 bits per heavy atom. The second-order valence-electron chi connectivity index (χ2n) is 7.30. The zero-order chi connectivity index (χ0) is 19.1. The highest BCUT2D eigenvalue weighted by Gasteiger charge is 2.22. The van der Waals surface area contributed by atoms with Gasteiger partial charge in [0.05, 0.1) is 11.3 Å². The molecule has 0 spiro atoms. The highest BCUT2D eigenvalue weighted by atomic mass is 16.1. The van der Waals surface area contributed by atoms with Gasteiger partial charge in [0, 0.05) is 62.3 Å². The number of hydrogen-bond donors (Lipinski definition) is 1. The number of benzene rings is 1. The van der Waals surface area contributed by atoms with E-state index in [-0.39, 0.29) is 5.56 Å². The van der Waals surface area contributed by atoms with E-state index in [1.54, 1.807) is 12.4 Å². The van der Waals surface area contributed by atoms with Gasteiger partial charge < -0.3 is 9.55 Å². The van der Waals surface area contributed by atoms with Crippen molar-refractivity contribution >= 4 is 10.9 Å². The molecule has 6 nitrogen and oxygen atoms in total. The van der Waals surface area contributed by atoms with Gasteiger partial charge in [-0.2, -0.15) is 0 Å². The van der Waals surface area contributed by atoms with Crippen molar-refractivity contribution in [3.63, 3.8) is 0 Å². The van der Waals surface area contributed by atoms with Crippen LogP contribution < -0.4 is 5.56 Å². The summed E-state index contributed by atoms with van der Waals surface area (Å²) in [6.45, 7) is 2.32. The van der Waals surface area contributed by atoms with Crippen LogP contribution in [0.5, 0.6) is 0 Å². The lowest BCUT2D eigenvalue weighted by Gasteiger charge is -2.27. The number of aromatic nitrogens is 4. The van der Waals surface area contributed by atoms with Gasteiger partial charge in [-0.3, -0.25) is 14.7 Å². The molecule has 5 rings (SSSR count). The molecule has 0 unspecified atom stereocenters. The molecule has 0 bridgehead atoms. The fourth-order valence-electron chi connectivity index (χ4n) is 3.98. The average Bonchev–Trinajstić information content (AvgIpc) is 3.04. The third-order valence-corrected chi connectivity index (χ3v) is 5.52. The Morgan fingerprint density at radius 2 is 2.07 bits per heavy atom. The average molecular weight is 371 g/mol. The van der Waals surface area contributed by atoms with Gasteiger partial charge in [0.2, 0.25) is 0 Å². The fraction of sp³-hybridized carbons (Fsp3) is 0.227. The van der Waals surface area contributed by atoms with Crippen molar-refractivity contribution in [3.05, 3.63) is 82.2 Å². The van der Waals surface area contributed by atoms with Crippen molar-refractivity contribution in [1.82, 2.24) is 24.4 Å². The van der Waals surface area contributed by atoms with Crippen LogP contribution in [0.1, 0.15) is 17.0 Å². The minimum atomic E-state index is -0.0504. The first-order chi connectivity index (χ1) is 13.7. The largest absolute Gasteiger partial charge is 0.346 e. The lowest BCUT2D eigenvalue weighted by atomic mass is 10.1. The van der Waals surface area contributed by atoms with Crippen molar-refractivity contribution in [2.75, 3.05) is 6.54 Å². The van der Waals surface area contributed by atoms with E-state index in [0.29, 0.717) is 12.4 Å². The summed E-state index contributed by atoms with van der Waals surface area (Å²) < 4.78 is 2.23. The van der Waals surface area contributed by atoms with E-state index in [4.69, 9.17) is 4.98 Å². The predicted molar refractivity (Wildman–Crippen MR) is 109 cm³/mol. The molecule has 4 aromatic rings. The molecule has 28 heavy (non-hydrogen) atoms. The molecule has 1 N–H and O–H groups in total. The Bertz CT molecular complexity index is 1210. The maximum atomic E-state index is 12.7. The summed E-state index contributed by atoms with van der Waals surface area (Å²) in [6, 6.07) is 14.4. The molecular formula is C22H21N5O. The number of nitrogens with one attached hydrogen (secondary N) is 1. The Hall–Kier alpha value is -3.25. The standard InChI is InChI=1S/C22H21N5O/c1-26-17(11-15-5-2-3-7-20(15)26)13-27-10-8-19-18(14-27)22(28)25-21(24-19)16-6-4-9-23-12-16/h2-7,9,11-12H,8,10,13-14H2,1H3,(H,24,25,28). The second-order valence-corrected chi connectivity index (χ2v) is 7.30. The van der Waals surface area contributed by atoms with Crippen molar-refractivity contribution in [2.24, 2.45) is 7.05 Å². The minimum Gasteiger partial charge on any atom is -0.346 e. The molecule has 0 amide bonds. The molecular weight excluding hydrogens is 350 g/mol. The lowest BCUT2D eigenvalue weighted by molar-refractivity contribution is 0.237. The number of para-hydroxylation sites is 1. The van der Waals surface area contributed by atoms with Crippen LogP contribution in [0.2, 0.25) is 0 Å². The molecule has 0 atom stereocenters. The van der Waals surface area contributed by atoms with E-state index >= 15 is 0 Å². The van der Waals surface area contributed by atoms with Crippen molar-refractivity contribution in [2.45, 2.75) is 19.5 Å². The number of hydrogen-bond acceptors (Lipinski definition) is 4. The summed E-state index contributed by atoms with van der Waals surface area (Å²) in [4.78, 5) is 26.8. The van der Waals surface area contributed by atoms with Crippen molar-refractivity contribution in [3.8, 4) is 11.4 Å². The van der Waals surface area contributed by atoms with Crippen LogP contribution in [0, 0.1) is 0 Å². The topological polar surface area (TPSA) is 66.8 Å². The van der Waals surface area contributed by atoms with Crippen LogP contribution in [0.4, 0.5) is 0 Å². The number of rotatable bonds is 3. The number of pyridine rings is 1. The van der Waals surface area contributed by atoms with Gasteiger partial charge in [0.15, 0.2) is 0 Å². The summed E-state index contributed by atoms with van der Waals surface area (Å²) in [7, 11) is 2.10. The summed E-state index contributed by atoms with van der Waals surface area (Å²) in [5, 5.41) is 1.25. The number of aryl methyl sites for hydroxylation is 1. The van der Waals surface area contributed by atoms with Gasteiger partial charge in [-0.15, -0.1) is 0 Å². The van der Waals surface area contributed by atoms with Gasteiger partial charge in [0.25, 0.3) is 5.56 Å². The summed E-state index contributed by atoms with van der Waals surface area (Å²) in [6.07, 6.45) is 4.21. The second kappa shape index (κ2) is 6.73. The molecule has 140 valence electrons. The Labute approximate surface area is 162 Å². The van der Waals surface area contributed by atoms with Crippen LogP contribution >= 0.6 is 0 Å². The highest BCUT2D eigenvalue weighted by Crippen LogP contribution is 2.23. The van der Waals surface area contributed by atoms with Gasteiger partial charge >= 0.3 is 0 Å². The zero-order valence-electron chi connectivity index (χ0n) is 15.7. The molecule has 0 saturated carbocycles. The smallest absolute Gasteiger partial charge is 0.255 e. The normalized spacial score (nSPS) is 14.3. The molecule has 4 heterocycles. The molecule has 0 radical (unpaired) electrons. The third-order valence-electron chi connectivity index (χ3n) is 5.52. The first-order valence-corrected chi connectivity index (χ1v) is 9.47. The molecule has 1 aliphatic heterocycles. The SMILES string of the molecule is Cn1c(CN2CCc3nc(-c4cccnc4)[nH]c(=O)c3C2)cc2ccccc21. The Balaban J connectivity index is 1.42. The number of H-pyrrole nitrogens is 1. The third kappa shape index (κ3) is 2.92. The molecule has 0 fully saturated rings. The van der Waals surface area contributed by atoms with E-state index in [0.717, 1.165) is 36.3 Å². The monoisotopic (exact) mass is 371 g/mol. The van der Waals surface area contributed by atoms with Gasteiger partial charge in [0.1, 0.15) is 5.82 Å². The van der Waals surface area contributed by atoms with Crippen LogP contribution in [0.25, 0.3) is 22.3 Å². The van der Waals surface area contributed by atoms with E-state index in [9.17, 15) is 4.79 Å². The molecule has 0 saturated heterocycles. The summed E-state index contributed by atoms with van der Waals surface area (Å²) in [5.41, 5.74) is 4.94. The quantitative estimate of drug-likeness (QED) is 0.601. The number of aromatic amines is 1. The number of fused-ring (bicyclic) bond motifs is 2. The minimum absolute atomic E-state index is 0.0504. The first kappa shape index (κ1) is 16.9. The molecule has 0 aliphatic carbocycles.